The number of hydrogen-bond donors (Lipinski definition) is 1. The molecule has 2 aromatic carbocycles. The van der Waals surface area contributed by atoms with Gasteiger partial charge in [0.2, 0.25) is 0 Å². The molecule has 4 nitrogen and oxygen atoms in total. The monoisotopic (exact) mass is 377 g/mol. The van der Waals surface area contributed by atoms with Crippen LogP contribution in [-0.2, 0) is 13.0 Å². The fourth-order valence-electron chi connectivity index (χ4n) is 3.35. The first-order valence-electron chi connectivity index (χ1n) is 8.95. The van der Waals surface area contributed by atoms with Gasteiger partial charge in [0.05, 0.1) is 11.9 Å². The van der Waals surface area contributed by atoms with Crippen LogP contribution in [0.25, 0.3) is 0 Å². The molecule has 1 aromatic heterocycles. The molecule has 0 atom stereocenters. The van der Waals surface area contributed by atoms with E-state index in [1.54, 1.807) is 12.3 Å². The molecule has 3 aromatic rings. The van der Waals surface area contributed by atoms with Gasteiger partial charge in [-0.25, -0.2) is 4.98 Å². The molecule has 0 bridgehead atoms. The average Bonchev–Trinajstić information content (AvgIpc) is 2.70. The largest absolute Gasteiger partial charge is 0.354 e. The highest BCUT2D eigenvalue weighted by Crippen LogP contribution is 2.24. The van der Waals surface area contributed by atoms with Crippen molar-refractivity contribution in [3.8, 4) is 0 Å². The van der Waals surface area contributed by atoms with Crippen LogP contribution in [0.1, 0.15) is 27.2 Å². The molecule has 4 rings (SSSR count). The molecule has 2 heterocycles. The number of carbonyl (C=O) groups is 1. The van der Waals surface area contributed by atoms with Crippen LogP contribution in [0.3, 0.4) is 0 Å². The Morgan fingerprint density at radius 2 is 1.93 bits per heavy atom. The summed E-state index contributed by atoms with van der Waals surface area (Å²) in [6, 6.07) is 17.6. The Balaban J connectivity index is 1.47. The molecular weight excluding hydrogens is 358 g/mol. The van der Waals surface area contributed by atoms with Crippen molar-refractivity contribution in [3.63, 3.8) is 0 Å². The van der Waals surface area contributed by atoms with Crippen molar-refractivity contribution in [1.82, 2.24) is 9.88 Å². The maximum atomic E-state index is 12.8. The van der Waals surface area contributed by atoms with Gasteiger partial charge in [0.25, 0.3) is 5.91 Å². The standard InChI is InChI=1S/C22H20ClN3O/c1-15-12-18(23)6-8-20(15)25-19-7-9-21(24-13-19)22(27)26-11-10-16-4-2-3-5-17(16)14-26/h2-9,12-13,25H,10-11,14H2,1H3. The lowest BCUT2D eigenvalue weighted by atomic mass is 10.00. The molecule has 0 spiro atoms. The molecule has 0 radical (unpaired) electrons. The van der Waals surface area contributed by atoms with Gasteiger partial charge in [-0.1, -0.05) is 35.9 Å². The van der Waals surface area contributed by atoms with E-state index in [0.717, 1.165) is 29.9 Å². The van der Waals surface area contributed by atoms with Gasteiger partial charge in [-0.05, 0) is 60.4 Å². The van der Waals surface area contributed by atoms with Gasteiger partial charge in [0.1, 0.15) is 5.69 Å². The lowest BCUT2D eigenvalue weighted by Gasteiger charge is -2.28. The zero-order chi connectivity index (χ0) is 18.8. The second-order valence-electron chi connectivity index (χ2n) is 6.76. The van der Waals surface area contributed by atoms with Gasteiger partial charge >= 0.3 is 0 Å². The molecule has 0 aliphatic carbocycles. The predicted molar refractivity (Wildman–Crippen MR) is 109 cm³/mol. The minimum absolute atomic E-state index is 0.0290. The Morgan fingerprint density at radius 1 is 1.11 bits per heavy atom. The Labute approximate surface area is 163 Å². The maximum Gasteiger partial charge on any atom is 0.272 e. The van der Waals surface area contributed by atoms with E-state index in [2.05, 4.69) is 22.4 Å². The van der Waals surface area contributed by atoms with Gasteiger partial charge in [0, 0.05) is 23.8 Å². The SMILES string of the molecule is Cc1cc(Cl)ccc1Nc1ccc(C(=O)N2CCc3ccccc3C2)nc1. The van der Waals surface area contributed by atoms with Crippen LogP contribution in [-0.4, -0.2) is 22.3 Å². The second-order valence-corrected chi connectivity index (χ2v) is 7.20. The summed E-state index contributed by atoms with van der Waals surface area (Å²) in [5.74, 6) is -0.0290. The summed E-state index contributed by atoms with van der Waals surface area (Å²) in [6.07, 6.45) is 2.58. The molecule has 136 valence electrons. The molecule has 1 N–H and O–H groups in total. The molecule has 1 aliphatic heterocycles. The smallest absolute Gasteiger partial charge is 0.272 e. The van der Waals surface area contributed by atoms with E-state index in [0.29, 0.717) is 17.3 Å². The Morgan fingerprint density at radius 3 is 2.67 bits per heavy atom. The van der Waals surface area contributed by atoms with Gasteiger partial charge in [-0.2, -0.15) is 0 Å². The zero-order valence-electron chi connectivity index (χ0n) is 15.1. The molecule has 0 fully saturated rings. The van der Waals surface area contributed by atoms with Crippen LogP contribution < -0.4 is 5.32 Å². The third-order valence-electron chi connectivity index (χ3n) is 4.87. The summed E-state index contributed by atoms with van der Waals surface area (Å²) >= 11 is 6.00. The van der Waals surface area contributed by atoms with E-state index < -0.39 is 0 Å². The van der Waals surface area contributed by atoms with Crippen molar-refractivity contribution >= 4 is 28.9 Å². The molecule has 1 amide bonds. The minimum atomic E-state index is -0.0290. The highest BCUT2D eigenvalue weighted by atomic mass is 35.5. The first-order valence-corrected chi connectivity index (χ1v) is 9.33. The van der Waals surface area contributed by atoms with Crippen molar-refractivity contribution in [3.05, 3.63) is 88.2 Å². The number of benzene rings is 2. The van der Waals surface area contributed by atoms with Crippen molar-refractivity contribution in [2.24, 2.45) is 0 Å². The minimum Gasteiger partial charge on any atom is -0.354 e. The summed E-state index contributed by atoms with van der Waals surface area (Å²) < 4.78 is 0. The normalized spacial score (nSPS) is 13.2. The van der Waals surface area contributed by atoms with Crippen LogP contribution in [0.2, 0.25) is 5.02 Å². The van der Waals surface area contributed by atoms with Gasteiger partial charge in [0.15, 0.2) is 0 Å². The van der Waals surface area contributed by atoms with Crippen molar-refractivity contribution in [2.75, 3.05) is 11.9 Å². The lowest BCUT2D eigenvalue weighted by Crippen LogP contribution is -2.36. The van der Waals surface area contributed by atoms with E-state index >= 15 is 0 Å². The number of anilines is 2. The number of aromatic nitrogens is 1. The molecule has 0 saturated carbocycles. The van der Waals surface area contributed by atoms with Crippen LogP contribution in [0, 0.1) is 6.92 Å². The number of hydrogen-bond acceptors (Lipinski definition) is 3. The van der Waals surface area contributed by atoms with Crippen molar-refractivity contribution < 1.29 is 4.79 Å². The molecule has 27 heavy (non-hydrogen) atoms. The number of fused-ring (bicyclic) bond motifs is 1. The summed E-state index contributed by atoms with van der Waals surface area (Å²) in [5, 5.41) is 4.02. The molecule has 0 saturated heterocycles. The van der Waals surface area contributed by atoms with Crippen molar-refractivity contribution in [1.29, 1.82) is 0 Å². The number of rotatable bonds is 3. The van der Waals surface area contributed by atoms with Crippen LogP contribution in [0.15, 0.2) is 60.8 Å². The Kier molecular flexibility index (Phi) is 4.82. The topological polar surface area (TPSA) is 45.2 Å². The first kappa shape index (κ1) is 17.6. The summed E-state index contributed by atoms with van der Waals surface area (Å²) in [6.45, 7) is 3.36. The van der Waals surface area contributed by atoms with Crippen LogP contribution >= 0.6 is 11.6 Å². The third-order valence-corrected chi connectivity index (χ3v) is 5.10. The highest BCUT2D eigenvalue weighted by molar-refractivity contribution is 6.30. The Bertz CT molecular complexity index is 985. The average molecular weight is 378 g/mol. The van der Waals surface area contributed by atoms with Gasteiger partial charge < -0.3 is 10.2 Å². The third kappa shape index (κ3) is 3.81. The number of aryl methyl sites for hydroxylation is 1. The highest BCUT2D eigenvalue weighted by Gasteiger charge is 2.22. The van der Waals surface area contributed by atoms with Gasteiger partial charge in [-0.15, -0.1) is 0 Å². The number of nitrogens with zero attached hydrogens (tertiary/aromatic N) is 2. The number of nitrogens with one attached hydrogen (secondary N) is 1. The van der Waals surface area contributed by atoms with E-state index in [1.807, 2.05) is 48.2 Å². The van der Waals surface area contributed by atoms with Crippen LogP contribution in [0.4, 0.5) is 11.4 Å². The molecule has 5 heteroatoms. The number of amides is 1. The molecular formula is C22H20ClN3O. The first-order chi connectivity index (χ1) is 13.1. The lowest BCUT2D eigenvalue weighted by molar-refractivity contribution is 0.0729. The number of carbonyl (C=O) groups excluding carboxylic acids is 1. The fraction of sp³-hybridized carbons (Fsp3) is 0.182. The maximum absolute atomic E-state index is 12.8. The van der Waals surface area contributed by atoms with E-state index in [9.17, 15) is 4.79 Å². The zero-order valence-corrected chi connectivity index (χ0v) is 15.8. The van der Waals surface area contributed by atoms with E-state index in [4.69, 9.17) is 11.6 Å². The van der Waals surface area contributed by atoms with Crippen LogP contribution in [0.5, 0.6) is 0 Å². The van der Waals surface area contributed by atoms with Crippen molar-refractivity contribution in [2.45, 2.75) is 19.9 Å². The predicted octanol–water partition coefficient (Wildman–Crippen LogP) is 4.99. The second kappa shape index (κ2) is 7.41. The number of halogens is 1. The number of pyridine rings is 1. The summed E-state index contributed by atoms with van der Waals surface area (Å²) in [5.41, 5.74) is 5.86. The molecule has 0 unspecified atom stereocenters. The summed E-state index contributed by atoms with van der Waals surface area (Å²) in [7, 11) is 0. The fourth-order valence-corrected chi connectivity index (χ4v) is 3.57. The van der Waals surface area contributed by atoms with E-state index in [-0.39, 0.29) is 5.91 Å². The summed E-state index contributed by atoms with van der Waals surface area (Å²) in [4.78, 5) is 19.0. The quantitative estimate of drug-likeness (QED) is 0.699. The molecule has 1 aliphatic rings. The van der Waals surface area contributed by atoms with Gasteiger partial charge in [-0.3, -0.25) is 4.79 Å². The Hall–Kier alpha value is -2.85. The van der Waals surface area contributed by atoms with E-state index in [1.165, 1.54) is 11.1 Å².